The number of rotatable bonds is 4. The molecule has 0 saturated carbocycles. The fraction of sp³-hybridized carbons (Fsp3) is 0.500. The molecule has 0 spiro atoms. The van der Waals surface area contributed by atoms with Crippen LogP contribution in [-0.2, 0) is 14.3 Å². The molecule has 0 bridgehead atoms. The number of allylic oxidation sites excluding steroid dienone is 1. The maximum absolute atomic E-state index is 10.7. The minimum absolute atomic E-state index is 0.596. The molecule has 0 amide bonds. The van der Waals surface area contributed by atoms with Gasteiger partial charge in [0.05, 0.1) is 7.11 Å². The minimum Gasteiger partial charge on any atom is -0.463 e. The number of hydrogen-bond donors (Lipinski definition) is 0. The normalized spacial score (nSPS) is 10.0. The first-order chi connectivity index (χ1) is 5.22. The lowest BCUT2D eigenvalue weighted by Gasteiger charge is -1.90. The predicted octanol–water partition coefficient (Wildman–Crippen LogP) is 1.08. The van der Waals surface area contributed by atoms with Crippen LogP contribution in [0.15, 0.2) is 12.2 Å². The zero-order chi connectivity index (χ0) is 8.69. The highest BCUT2D eigenvalue weighted by molar-refractivity contribution is 6.38. The number of carbonyl (C=O) groups is 2. The summed E-state index contributed by atoms with van der Waals surface area (Å²) in [5, 5.41) is 0. The summed E-state index contributed by atoms with van der Waals surface area (Å²) in [5.74, 6) is -1.40. The molecule has 0 aromatic heterocycles. The molecule has 0 unspecified atom stereocenters. The summed E-state index contributed by atoms with van der Waals surface area (Å²) in [6.45, 7) is 1.99. The number of ether oxygens (including phenoxy) is 1. The van der Waals surface area contributed by atoms with Crippen molar-refractivity contribution in [2.75, 3.05) is 7.11 Å². The van der Waals surface area contributed by atoms with E-state index in [4.69, 9.17) is 0 Å². The lowest BCUT2D eigenvalue weighted by atomic mass is 10.3. The summed E-state index contributed by atoms with van der Waals surface area (Å²) in [6.07, 6.45) is 4.68. The first kappa shape index (κ1) is 9.88. The van der Waals surface area contributed by atoms with Gasteiger partial charge in [-0.25, -0.2) is 4.79 Å². The number of carbonyl (C=O) groups excluding carboxylic acids is 2. The first-order valence-electron chi connectivity index (χ1n) is 3.51. The van der Waals surface area contributed by atoms with Crippen LogP contribution >= 0.6 is 0 Å². The molecular formula is C8H12O3. The molecular weight excluding hydrogens is 144 g/mol. The molecule has 0 saturated heterocycles. The average molecular weight is 156 g/mol. The van der Waals surface area contributed by atoms with E-state index in [1.807, 2.05) is 6.92 Å². The van der Waals surface area contributed by atoms with Crippen LogP contribution in [0.5, 0.6) is 0 Å². The molecule has 3 heteroatoms. The Balaban J connectivity index is 3.77. The van der Waals surface area contributed by atoms with Crippen molar-refractivity contribution in [3.05, 3.63) is 12.2 Å². The van der Waals surface area contributed by atoms with Gasteiger partial charge in [-0.15, -0.1) is 0 Å². The third-order valence-corrected chi connectivity index (χ3v) is 1.11. The topological polar surface area (TPSA) is 43.4 Å². The molecule has 0 atom stereocenters. The summed E-state index contributed by atoms with van der Waals surface area (Å²) in [4.78, 5) is 21.2. The molecule has 3 nitrogen and oxygen atoms in total. The highest BCUT2D eigenvalue weighted by Crippen LogP contribution is 1.89. The van der Waals surface area contributed by atoms with E-state index < -0.39 is 11.8 Å². The number of methoxy groups -OCH3 is 1. The molecule has 0 aliphatic carbocycles. The molecule has 0 rings (SSSR count). The van der Waals surface area contributed by atoms with Crippen LogP contribution in [0.1, 0.15) is 19.8 Å². The second kappa shape index (κ2) is 5.65. The second-order valence-corrected chi connectivity index (χ2v) is 2.05. The van der Waals surface area contributed by atoms with Gasteiger partial charge in [-0.1, -0.05) is 19.4 Å². The molecule has 0 aromatic carbocycles. The lowest BCUT2D eigenvalue weighted by molar-refractivity contribution is -0.149. The third kappa shape index (κ3) is 4.31. The molecule has 0 heterocycles. The summed E-state index contributed by atoms with van der Waals surface area (Å²) < 4.78 is 4.20. The smallest absolute Gasteiger partial charge is 0.378 e. The van der Waals surface area contributed by atoms with Crippen LogP contribution in [0.2, 0.25) is 0 Å². The zero-order valence-electron chi connectivity index (χ0n) is 6.79. The molecule has 0 fully saturated rings. The SMILES string of the molecule is CCC/C=C/C(=O)C(=O)OC. The summed E-state index contributed by atoms with van der Waals surface area (Å²) >= 11 is 0. The molecule has 62 valence electrons. The van der Waals surface area contributed by atoms with E-state index in [1.54, 1.807) is 6.08 Å². The van der Waals surface area contributed by atoms with Crippen molar-refractivity contribution < 1.29 is 14.3 Å². The quantitative estimate of drug-likeness (QED) is 0.347. The van der Waals surface area contributed by atoms with Gasteiger partial charge in [0.1, 0.15) is 0 Å². The van der Waals surface area contributed by atoms with Gasteiger partial charge in [0.25, 0.3) is 5.78 Å². The van der Waals surface area contributed by atoms with Crippen molar-refractivity contribution in [1.29, 1.82) is 0 Å². The minimum atomic E-state index is -0.808. The van der Waals surface area contributed by atoms with E-state index in [1.165, 1.54) is 13.2 Å². The van der Waals surface area contributed by atoms with Crippen molar-refractivity contribution in [3.8, 4) is 0 Å². The number of hydrogen-bond acceptors (Lipinski definition) is 3. The van der Waals surface area contributed by atoms with Gasteiger partial charge in [0.15, 0.2) is 0 Å². The standard InChI is InChI=1S/C8H12O3/c1-3-4-5-6-7(9)8(10)11-2/h5-6H,3-4H2,1-2H3/b6-5+. The zero-order valence-corrected chi connectivity index (χ0v) is 6.79. The Morgan fingerprint density at radius 3 is 2.55 bits per heavy atom. The van der Waals surface area contributed by atoms with Gasteiger partial charge in [0.2, 0.25) is 0 Å². The van der Waals surface area contributed by atoms with Crippen molar-refractivity contribution in [2.45, 2.75) is 19.8 Å². The number of esters is 1. The van der Waals surface area contributed by atoms with Crippen LogP contribution in [0, 0.1) is 0 Å². The Kier molecular flexibility index (Phi) is 5.07. The van der Waals surface area contributed by atoms with E-state index >= 15 is 0 Å². The van der Waals surface area contributed by atoms with Crippen LogP contribution in [0.4, 0.5) is 0 Å². The van der Waals surface area contributed by atoms with Crippen molar-refractivity contribution in [1.82, 2.24) is 0 Å². The molecule has 11 heavy (non-hydrogen) atoms. The average Bonchev–Trinajstić information content (AvgIpc) is 2.03. The van der Waals surface area contributed by atoms with E-state index in [-0.39, 0.29) is 0 Å². The fourth-order valence-corrected chi connectivity index (χ4v) is 0.526. The van der Waals surface area contributed by atoms with Gasteiger partial charge >= 0.3 is 5.97 Å². The number of ketones is 1. The molecule has 0 aliphatic heterocycles. The van der Waals surface area contributed by atoms with Crippen LogP contribution in [0.3, 0.4) is 0 Å². The van der Waals surface area contributed by atoms with Gasteiger partial charge in [-0.05, 0) is 12.5 Å². The van der Waals surface area contributed by atoms with Crippen LogP contribution < -0.4 is 0 Å². The molecule has 0 aliphatic rings. The van der Waals surface area contributed by atoms with Crippen molar-refractivity contribution in [3.63, 3.8) is 0 Å². The van der Waals surface area contributed by atoms with Crippen LogP contribution in [0.25, 0.3) is 0 Å². The second-order valence-electron chi connectivity index (χ2n) is 2.05. The third-order valence-electron chi connectivity index (χ3n) is 1.11. The summed E-state index contributed by atoms with van der Waals surface area (Å²) in [7, 11) is 1.19. The molecule has 0 N–H and O–H groups in total. The van der Waals surface area contributed by atoms with Gasteiger partial charge in [0, 0.05) is 0 Å². The Labute approximate surface area is 66.0 Å². The number of unbranched alkanes of at least 4 members (excludes halogenated alkanes) is 1. The van der Waals surface area contributed by atoms with Crippen molar-refractivity contribution >= 4 is 11.8 Å². The predicted molar refractivity (Wildman–Crippen MR) is 41.1 cm³/mol. The maximum Gasteiger partial charge on any atom is 0.378 e. The Morgan fingerprint density at radius 1 is 1.45 bits per heavy atom. The van der Waals surface area contributed by atoms with E-state index in [9.17, 15) is 9.59 Å². The highest BCUT2D eigenvalue weighted by Gasteiger charge is 2.07. The fourth-order valence-electron chi connectivity index (χ4n) is 0.526. The highest BCUT2D eigenvalue weighted by atomic mass is 16.5. The molecule has 0 aromatic rings. The summed E-state index contributed by atoms with van der Waals surface area (Å²) in [5.41, 5.74) is 0. The molecule has 0 radical (unpaired) electrons. The Hall–Kier alpha value is -1.12. The van der Waals surface area contributed by atoms with Crippen molar-refractivity contribution in [2.24, 2.45) is 0 Å². The van der Waals surface area contributed by atoms with E-state index in [0.717, 1.165) is 12.8 Å². The summed E-state index contributed by atoms with van der Waals surface area (Å²) in [6, 6.07) is 0. The Morgan fingerprint density at radius 2 is 2.09 bits per heavy atom. The lowest BCUT2D eigenvalue weighted by Crippen LogP contribution is -2.12. The largest absolute Gasteiger partial charge is 0.463 e. The van der Waals surface area contributed by atoms with E-state index in [2.05, 4.69) is 4.74 Å². The maximum atomic E-state index is 10.7. The van der Waals surface area contributed by atoms with Gasteiger partial charge in [-0.3, -0.25) is 4.79 Å². The van der Waals surface area contributed by atoms with Gasteiger partial charge in [-0.2, -0.15) is 0 Å². The van der Waals surface area contributed by atoms with E-state index in [0.29, 0.717) is 0 Å². The monoisotopic (exact) mass is 156 g/mol. The first-order valence-corrected chi connectivity index (χ1v) is 3.51. The Bertz CT molecular complexity index is 170. The van der Waals surface area contributed by atoms with Crippen LogP contribution in [-0.4, -0.2) is 18.9 Å². The van der Waals surface area contributed by atoms with Gasteiger partial charge < -0.3 is 4.74 Å².